The van der Waals surface area contributed by atoms with Crippen molar-refractivity contribution in [3.8, 4) is 11.3 Å². The lowest BCUT2D eigenvalue weighted by molar-refractivity contribution is 0.440. The molecular formula is C17H21N3. The van der Waals surface area contributed by atoms with Crippen molar-refractivity contribution in [3.63, 3.8) is 0 Å². The molecule has 1 aromatic carbocycles. The van der Waals surface area contributed by atoms with Gasteiger partial charge in [-0.25, -0.2) is 0 Å². The monoisotopic (exact) mass is 267 g/mol. The molecule has 20 heavy (non-hydrogen) atoms. The minimum absolute atomic E-state index is 0.784. The van der Waals surface area contributed by atoms with Crippen molar-refractivity contribution in [2.75, 3.05) is 6.54 Å². The fourth-order valence-corrected chi connectivity index (χ4v) is 2.75. The lowest BCUT2D eigenvalue weighted by atomic mass is 9.94. The van der Waals surface area contributed by atoms with Gasteiger partial charge in [-0.3, -0.25) is 5.10 Å². The highest BCUT2D eigenvalue weighted by atomic mass is 15.1. The van der Waals surface area contributed by atoms with Crippen molar-refractivity contribution in [1.82, 2.24) is 15.5 Å². The van der Waals surface area contributed by atoms with Crippen LogP contribution < -0.4 is 5.32 Å². The van der Waals surface area contributed by atoms with E-state index >= 15 is 0 Å². The molecule has 1 atom stereocenters. The van der Waals surface area contributed by atoms with Gasteiger partial charge < -0.3 is 5.32 Å². The van der Waals surface area contributed by atoms with E-state index in [0.29, 0.717) is 0 Å². The highest BCUT2D eigenvalue weighted by Gasteiger charge is 2.11. The van der Waals surface area contributed by atoms with Gasteiger partial charge in [0.15, 0.2) is 0 Å². The van der Waals surface area contributed by atoms with Crippen LogP contribution in [0.25, 0.3) is 11.3 Å². The maximum Gasteiger partial charge on any atom is 0.0695 e. The Labute approximate surface area is 120 Å². The standard InChI is InChI=1S/C17H21N3/c1-3-7-14(8-4-1)11-18-12-16-13-19-20-17(16)15-9-5-2-6-10-15/h1-3,5-6,9-10,13-14,18H,4,7-8,11-12H2,(H,19,20). The second-order valence-corrected chi connectivity index (χ2v) is 5.42. The van der Waals surface area contributed by atoms with Gasteiger partial charge in [-0.05, 0) is 37.3 Å². The molecule has 2 N–H and O–H groups in total. The number of benzene rings is 1. The van der Waals surface area contributed by atoms with Crippen LogP contribution in [0.1, 0.15) is 24.8 Å². The number of aromatic amines is 1. The summed E-state index contributed by atoms with van der Waals surface area (Å²) in [6.45, 7) is 1.96. The van der Waals surface area contributed by atoms with Gasteiger partial charge in [0.25, 0.3) is 0 Å². The average Bonchev–Trinajstić information content (AvgIpc) is 2.98. The quantitative estimate of drug-likeness (QED) is 0.814. The Morgan fingerprint density at radius 1 is 1.20 bits per heavy atom. The van der Waals surface area contributed by atoms with Gasteiger partial charge >= 0.3 is 0 Å². The number of hydrogen-bond acceptors (Lipinski definition) is 2. The topological polar surface area (TPSA) is 40.7 Å². The Kier molecular flexibility index (Phi) is 4.28. The number of allylic oxidation sites excluding steroid dienone is 2. The molecule has 3 nitrogen and oxygen atoms in total. The van der Waals surface area contributed by atoms with Gasteiger partial charge in [0.1, 0.15) is 0 Å². The molecule has 0 saturated carbocycles. The third kappa shape index (κ3) is 3.17. The molecule has 1 aliphatic carbocycles. The minimum atomic E-state index is 0.784. The van der Waals surface area contributed by atoms with E-state index in [0.717, 1.165) is 24.7 Å². The fourth-order valence-electron chi connectivity index (χ4n) is 2.75. The summed E-state index contributed by atoms with van der Waals surface area (Å²) in [4.78, 5) is 0. The number of rotatable bonds is 5. The first-order valence-electron chi connectivity index (χ1n) is 7.37. The normalized spacial score (nSPS) is 18.3. The molecule has 3 heteroatoms. The third-order valence-corrected chi connectivity index (χ3v) is 3.91. The van der Waals surface area contributed by atoms with E-state index in [2.05, 4.69) is 51.9 Å². The molecule has 2 aromatic rings. The average molecular weight is 267 g/mol. The van der Waals surface area contributed by atoms with Crippen LogP contribution >= 0.6 is 0 Å². The summed E-state index contributed by atoms with van der Waals surface area (Å²) in [5, 5.41) is 10.9. The van der Waals surface area contributed by atoms with E-state index in [9.17, 15) is 0 Å². The molecule has 0 radical (unpaired) electrons. The molecule has 1 aliphatic rings. The number of hydrogen-bond donors (Lipinski definition) is 2. The van der Waals surface area contributed by atoms with Gasteiger partial charge in [0, 0.05) is 12.1 Å². The molecule has 0 amide bonds. The summed E-state index contributed by atoms with van der Waals surface area (Å²) in [6, 6.07) is 10.4. The molecule has 0 fully saturated rings. The van der Waals surface area contributed by atoms with Gasteiger partial charge in [0.2, 0.25) is 0 Å². The van der Waals surface area contributed by atoms with E-state index < -0.39 is 0 Å². The molecule has 1 unspecified atom stereocenters. The number of nitrogens with zero attached hydrogens (tertiary/aromatic N) is 1. The van der Waals surface area contributed by atoms with Crippen LogP contribution in [0.5, 0.6) is 0 Å². The van der Waals surface area contributed by atoms with Crippen LogP contribution in [-0.4, -0.2) is 16.7 Å². The van der Waals surface area contributed by atoms with E-state index in [-0.39, 0.29) is 0 Å². The summed E-state index contributed by atoms with van der Waals surface area (Å²) < 4.78 is 0. The Morgan fingerprint density at radius 2 is 2.10 bits per heavy atom. The summed E-state index contributed by atoms with van der Waals surface area (Å²) in [6.07, 6.45) is 10.3. The first kappa shape index (κ1) is 13.1. The second kappa shape index (κ2) is 6.53. The Bertz CT molecular complexity index is 557. The molecule has 0 bridgehead atoms. The van der Waals surface area contributed by atoms with Gasteiger partial charge in [-0.2, -0.15) is 5.10 Å². The molecule has 0 saturated heterocycles. The fraction of sp³-hybridized carbons (Fsp3) is 0.353. The highest BCUT2D eigenvalue weighted by Crippen LogP contribution is 2.21. The lowest BCUT2D eigenvalue weighted by Crippen LogP contribution is -2.23. The molecule has 0 spiro atoms. The van der Waals surface area contributed by atoms with Gasteiger partial charge in [-0.1, -0.05) is 42.5 Å². The predicted octanol–water partition coefficient (Wildman–Crippen LogP) is 3.52. The predicted molar refractivity (Wildman–Crippen MR) is 82.2 cm³/mol. The largest absolute Gasteiger partial charge is 0.312 e. The van der Waals surface area contributed by atoms with Crippen molar-refractivity contribution in [2.24, 2.45) is 5.92 Å². The van der Waals surface area contributed by atoms with Crippen LogP contribution in [0.2, 0.25) is 0 Å². The summed E-state index contributed by atoms with van der Waals surface area (Å²) in [5.41, 5.74) is 3.56. The van der Waals surface area contributed by atoms with Crippen molar-refractivity contribution in [2.45, 2.75) is 25.8 Å². The molecule has 1 aromatic heterocycles. The Morgan fingerprint density at radius 3 is 2.90 bits per heavy atom. The smallest absolute Gasteiger partial charge is 0.0695 e. The molecular weight excluding hydrogens is 246 g/mol. The lowest BCUT2D eigenvalue weighted by Gasteiger charge is -2.18. The van der Waals surface area contributed by atoms with Crippen molar-refractivity contribution >= 4 is 0 Å². The SMILES string of the molecule is C1=CCC(CNCc2cn[nH]c2-c2ccccc2)CC1. The van der Waals surface area contributed by atoms with Crippen LogP contribution in [0.4, 0.5) is 0 Å². The van der Waals surface area contributed by atoms with Crippen LogP contribution in [-0.2, 0) is 6.54 Å². The molecule has 1 heterocycles. The summed E-state index contributed by atoms with van der Waals surface area (Å²) >= 11 is 0. The van der Waals surface area contributed by atoms with Crippen LogP contribution in [0.15, 0.2) is 48.7 Å². The second-order valence-electron chi connectivity index (χ2n) is 5.42. The summed E-state index contributed by atoms with van der Waals surface area (Å²) in [5.74, 6) is 0.784. The van der Waals surface area contributed by atoms with E-state index in [4.69, 9.17) is 0 Å². The highest BCUT2D eigenvalue weighted by molar-refractivity contribution is 5.62. The third-order valence-electron chi connectivity index (χ3n) is 3.91. The molecule has 0 aliphatic heterocycles. The van der Waals surface area contributed by atoms with Crippen LogP contribution in [0, 0.1) is 5.92 Å². The number of aromatic nitrogens is 2. The Hall–Kier alpha value is -1.87. The minimum Gasteiger partial charge on any atom is -0.312 e. The first-order chi connectivity index (χ1) is 9.93. The molecule has 104 valence electrons. The van der Waals surface area contributed by atoms with E-state index in [1.807, 2.05) is 12.3 Å². The maximum atomic E-state index is 4.19. The van der Waals surface area contributed by atoms with Crippen molar-refractivity contribution in [1.29, 1.82) is 0 Å². The Balaban J connectivity index is 1.58. The van der Waals surface area contributed by atoms with Crippen molar-refractivity contribution in [3.05, 3.63) is 54.2 Å². The summed E-state index contributed by atoms with van der Waals surface area (Å²) in [7, 11) is 0. The van der Waals surface area contributed by atoms with Crippen LogP contribution in [0.3, 0.4) is 0 Å². The zero-order valence-electron chi connectivity index (χ0n) is 11.7. The number of H-pyrrole nitrogens is 1. The van der Waals surface area contributed by atoms with Crippen molar-refractivity contribution < 1.29 is 0 Å². The zero-order chi connectivity index (χ0) is 13.6. The van der Waals surface area contributed by atoms with Gasteiger partial charge in [-0.15, -0.1) is 0 Å². The van der Waals surface area contributed by atoms with E-state index in [1.165, 1.54) is 30.4 Å². The first-order valence-corrected chi connectivity index (χ1v) is 7.37. The number of nitrogens with one attached hydrogen (secondary N) is 2. The van der Waals surface area contributed by atoms with E-state index in [1.54, 1.807) is 0 Å². The van der Waals surface area contributed by atoms with Gasteiger partial charge in [0.05, 0.1) is 11.9 Å². The maximum absolute atomic E-state index is 4.19. The molecule has 3 rings (SSSR count). The zero-order valence-corrected chi connectivity index (χ0v) is 11.7.